The van der Waals surface area contributed by atoms with Gasteiger partial charge in [-0.3, -0.25) is 14.2 Å². The maximum Gasteiger partial charge on any atom is 0.422 e. The molecule has 0 atom stereocenters. The van der Waals surface area contributed by atoms with E-state index in [0.29, 0.717) is 21.4 Å². The topological polar surface area (TPSA) is 70.4 Å². The number of halogens is 3. The number of aryl methyl sites for hydroxylation is 3. The number of hydrogen-bond acceptors (Lipinski definition) is 6. The van der Waals surface area contributed by atoms with Crippen LogP contribution in [0.2, 0.25) is 0 Å². The smallest absolute Gasteiger partial charge is 0.422 e. The molecule has 0 aliphatic carbocycles. The number of Topliss-reactive ketones (excluding diaryl/α,β-unsaturated/α-hetero) is 1. The monoisotopic (exact) mass is 624 g/mol. The molecule has 4 rings (SSSR count). The van der Waals surface area contributed by atoms with Crippen LogP contribution in [0, 0.1) is 26.2 Å². The Labute approximate surface area is 258 Å². The highest BCUT2D eigenvalue weighted by atomic mass is 32.1. The molecule has 0 saturated heterocycles. The van der Waals surface area contributed by atoms with Crippen LogP contribution in [0.15, 0.2) is 59.5 Å². The molecule has 0 aliphatic heterocycles. The molecule has 0 unspecified atom stereocenters. The summed E-state index contributed by atoms with van der Waals surface area (Å²) in [5.41, 5.74) is 4.54. The fraction of sp³-hybridized carbons (Fsp3) is 0.324. The summed E-state index contributed by atoms with van der Waals surface area (Å²) in [4.78, 5) is 30.5. The number of carbonyl (C=O) groups excluding carboxylic acids is 1. The van der Waals surface area contributed by atoms with E-state index in [1.807, 2.05) is 57.2 Å². The second-order valence-corrected chi connectivity index (χ2v) is 12.8. The molecule has 6 nitrogen and oxygen atoms in total. The van der Waals surface area contributed by atoms with Gasteiger partial charge in [-0.15, -0.1) is 11.3 Å². The molecule has 2 aromatic heterocycles. The Bertz CT molecular complexity index is 1810. The van der Waals surface area contributed by atoms with Crippen molar-refractivity contribution < 1.29 is 27.4 Å². The molecule has 2 aromatic carbocycles. The van der Waals surface area contributed by atoms with E-state index in [9.17, 15) is 22.8 Å². The lowest BCUT2D eigenvalue weighted by Gasteiger charge is -2.14. The predicted molar refractivity (Wildman–Crippen MR) is 167 cm³/mol. The highest BCUT2D eigenvalue weighted by Gasteiger charge is 2.28. The van der Waals surface area contributed by atoms with Gasteiger partial charge in [0.05, 0.1) is 11.1 Å². The van der Waals surface area contributed by atoms with Crippen molar-refractivity contribution in [3.8, 4) is 11.6 Å². The van der Waals surface area contributed by atoms with E-state index in [4.69, 9.17) is 4.74 Å². The van der Waals surface area contributed by atoms with Gasteiger partial charge in [0.25, 0.3) is 5.56 Å². The first-order chi connectivity index (χ1) is 20.6. The van der Waals surface area contributed by atoms with E-state index in [0.717, 1.165) is 33.6 Å². The van der Waals surface area contributed by atoms with Crippen molar-refractivity contribution >= 4 is 29.3 Å². The molecule has 0 radical (unpaired) electrons. The van der Waals surface area contributed by atoms with Gasteiger partial charge in [0.1, 0.15) is 17.0 Å². The molecular formula is C34H35F3N2O4S. The SMILES string of the molecule is Cc1ccccc1COc1c(C)cc(/C=c2/s/c(=C/C(=O)C(C)(C)C)n(Cc3ccc(OCC(F)(F)F)nc3)c2=O)cc1C. The predicted octanol–water partition coefficient (Wildman–Crippen LogP) is 6.02. The summed E-state index contributed by atoms with van der Waals surface area (Å²) in [6.45, 7) is 10.4. The first kappa shape index (κ1) is 32.7. The second kappa shape index (κ2) is 13.2. The third-order valence-corrected chi connectivity index (χ3v) is 7.93. The van der Waals surface area contributed by atoms with Gasteiger partial charge in [-0.1, -0.05) is 51.1 Å². The molecule has 10 heteroatoms. The summed E-state index contributed by atoms with van der Waals surface area (Å²) in [6.07, 6.45) is 0.140. The minimum atomic E-state index is -4.48. The number of nitrogens with zero attached hydrogens (tertiary/aromatic N) is 2. The summed E-state index contributed by atoms with van der Waals surface area (Å²) in [5, 5.41) is 0. The van der Waals surface area contributed by atoms with Gasteiger partial charge in [-0.05, 0) is 72.4 Å². The highest BCUT2D eigenvalue weighted by Crippen LogP contribution is 2.26. The van der Waals surface area contributed by atoms with E-state index in [1.54, 1.807) is 32.9 Å². The molecule has 0 saturated carbocycles. The average Bonchev–Trinajstić information content (AvgIpc) is 3.21. The Hall–Kier alpha value is -4.18. The van der Waals surface area contributed by atoms with Crippen LogP contribution in [0.4, 0.5) is 13.2 Å². The number of carbonyl (C=O) groups is 1. The molecule has 4 aromatic rings. The number of thiazole rings is 1. The van der Waals surface area contributed by atoms with Crippen molar-refractivity contribution in [2.45, 2.75) is 60.9 Å². The molecular weight excluding hydrogens is 589 g/mol. The highest BCUT2D eigenvalue weighted by molar-refractivity contribution is 7.07. The van der Waals surface area contributed by atoms with Crippen LogP contribution < -0.4 is 24.2 Å². The van der Waals surface area contributed by atoms with Crippen molar-refractivity contribution in [2.75, 3.05) is 6.61 Å². The van der Waals surface area contributed by atoms with E-state index < -0.39 is 18.2 Å². The van der Waals surface area contributed by atoms with Crippen molar-refractivity contribution in [2.24, 2.45) is 5.41 Å². The van der Waals surface area contributed by atoms with Gasteiger partial charge in [0.2, 0.25) is 5.88 Å². The second-order valence-electron chi connectivity index (χ2n) is 11.7. The average molecular weight is 625 g/mol. The van der Waals surface area contributed by atoms with Crippen LogP contribution in [0.3, 0.4) is 0 Å². The Balaban J connectivity index is 1.68. The lowest BCUT2D eigenvalue weighted by molar-refractivity contribution is -0.154. The summed E-state index contributed by atoms with van der Waals surface area (Å²) in [6, 6.07) is 14.8. The minimum absolute atomic E-state index is 0.0721. The van der Waals surface area contributed by atoms with Crippen molar-refractivity contribution in [1.82, 2.24) is 9.55 Å². The first-order valence-electron chi connectivity index (χ1n) is 14.0. The van der Waals surface area contributed by atoms with Gasteiger partial charge in [0, 0.05) is 23.8 Å². The van der Waals surface area contributed by atoms with Crippen LogP contribution >= 0.6 is 11.3 Å². The van der Waals surface area contributed by atoms with E-state index in [2.05, 4.69) is 9.72 Å². The van der Waals surface area contributed by atoms with Gasteiger partial charge >= 0.3 is 6.18 Å². The normalized spacial score (nSPS) is 12.9. The lowest BCUT2D eigenvalue weighted by Crippen LogP contribution is -2.33. The number of alkyl halides is 3. The summed E-state index contributed by atoms with van der Waals surface area (Å²) in [5.74, 6) is 0.466. The molecule has 0 bridgehead atoms. The fourth-order valence-electron chi connectivity index (χ4n) is 4.42. The number of benzene rings is 2. The summed E-state index contributed by atoms with van der Waals surface area (Å²) in [7, 11) is 0. The number of pyridine rings is 1. The van der Waals surface area contributed by atoms with E-state index in [-0.39, 0.29) is 23.8 Å². The Morgan fingerprint density at radius 2 is 1.66 bits per heavy atom. The van der Waals surface area contributed by atoms with Crippen LogP contribution in [0.1, 0.15) is 54.2 Å². The van der Waals surface area contributed by atoms with Gasteiger partial charge in [-0.2, -0.15) is 13.2 Å². The molecule has 0 fully saturated rings. The number of hydrogen-bond donors (Lipinski definition) is 0. The van der Waals surface area contributed by atoms with Crippen molar-refractivity contribution in [3.63, 3.8) is 0 Å². The van der Waals surface area contributed by atoms with E-state index >= 15 is 0 Å². The van der Waals surface area contributed by atoms with Crippen molar-refractivity contribution in [3.05, 3.63) is 108 Å². The van der Waals surface area contributed by atoms with Gasteiger partial charge in [-0.25, -0.2) is 4.98 Å². The Morgan fingerprint density at radius 3 is 2.25 bits per heavy atom. The molecule has 0 N–H and O–H groups in total. The zero-order valence-electron chi connectivity index (χ0n) is 25.5. The van der Waals surface area contributed by atoms with Crippen LogP contribution in [0.5, 0.6) is 11.6 Å². The maximum atomic E-state index is 13.7. The number of ketones is 1. The third-order valence-electron chi connectivity index (χ3n) is 6.87. The third kappa shape index (κ3) is 8.47. The van der Waals surface area contributed by atoms with Gasteiger partial charge < -0.3 is 9.47 Å². The minimum Gasteiger partial charge on any atom is -0.488 e. The van der Waals surface area contributed by atoms with Crippen molar-refractivity contribution in [1.29, 1.82) is 0 Å². The van der Waals surface area contributed by atoms with Crippen LogP contribution in [-0.4, -0.2) is 28.1 Å². The molecule has 232 valence electrons. The molecule has 0 amide bonds. The lowest BCUT2D eigenvalue weighted by atomic mass is 9.91. The number of ether oxygens (including phenoxy) is 2. The summed E-state index contributed by atoms with van der Waals surface area (Å²) >= 11 is 1.20. The number of aromatic nitrogens is 2. The largest absolute Gasteiger partial charge is 0.488 e. The van der Waals surface area contributed by atoms with Crippen LogP contribution in [0.25, 0.3) is 12.2 Å². The van der Waals surface area contributed by atoms with E-state index in [1.165, 1.54) is 34.2 Å². The van der Waals surface area contributed by atoms with Crippen LogP contribution in [-0.2, 0) is 17.9 Å². The summed E-state index contributed by atoms with van der Waals surface area (Å²) < 4.78 is 50.7. The zero-order chi connectivity index (χ0) is 32.2. The first-order valence-corrected chi connectivity index (χ1v) is 14.8. The van der Waals surface area contributed by atoms with Gasteiger partial charge in [0.15, 0.2) is 12.4 Å². The quantitative estimate of drug-likeness (QED) is 0.228. The molecule has 0 aliphatic rings. The fourth-order valence-corrected chi connectivity index (χ4v) is 5.46. The standard InChI is InChI=1S/C34H35F3N2O4S/c1-21-9-7-8-10-26(21)19-42-31-22(2)13-25(14-23(31)3)15-27-32(41)39(30(44-27)16-28(40)33(4,5)6)18-24-11-12-29(38-17-24)43-20-34(35,36)37/h7-17H,18-20H2,1-6H3/b27-15+,30-16+. The Kier molecular flexibility index (Phi) is 9.83. The molecule has 0 spiro atoms. The zero-order valence-corrected chi connectivity index (χ0v) is 26.4. The Morgan fingerprint density at radius 1 is 0.977 bits per heavy atom. The molecule has 44 heavy (non-hydrogen) atoms. The maximum absolute atomic E-state index is 13.7. The number of rotatable bonds is 9. The molecule has 2 heterocycles.